The van der Waals surface area contributed by atoms with Crippen LogP contribution in [0.4, 0.5) is 0 Å². The molecule has 1 aliphatic rings. The summed E-state index contributed by atoms with van der Waals surface area (Å²) in [5.41, 5.74) is 3.09. The Bertz CT molecular complexity index is 642. The third kappa shape index (κ3) is 4.53. The Morgan fingerprint density at radius 1 is 1.17 bits per heavy atom. The predicted octanol–water partition coefficient (Wildman–Crippen LogP) is 3.43. The SMILES string of the molecule is C/N=C(\C=C(/C)c1ccc(C#N)cc1)C(=O)N1CCCCCC1. The van der Waals surface area contributed by atoms with Gasteiger partial charge in [0.25, 0.3) is 5.91 Å². The van der Waals surface area contributed by atoms with E-state index in [1.165, 1.54) is 12.8 Å². The van der Waals surface area contributed by atoms with Crippen LogP contribution in [-0.2, 0) is 4.79 Å². The smallest absolute Gasteiger partial charge is 0.271 e. The molecule has 1 aromatic rings. The third-order valence-corrected chi connectivity index (χ3v) is 4.18. The number of carbonyl (C=O) groups is 1. The van der Waals surface area contributed by atoms with Crippen LogP contribution in [0.1, 0.15) is 43.7 Å². The monoisotopic (exact) mass is 309 g/mol. The first-order valence-electron chi connectivity index (χ1n) is 8.10. The fraction of sp³-hybridized carbons (Fsp3) is 0.421. The van der Waals surface area contributed by atoms with Crippen LogP contribution in [0.2, 0.25) is 0 Å². The van der Waals surface area contributed by atoms with Gasteiger partial charge in [-0.3, -0.25) is 9.79 Å². The maximum Gasteiger partial charge on any atom is 0.271 e. The van der Waals surface area contributed by atoms with Gasteiger partial charge in [0, 0.05) is 20.1 Å². The zero-order valence-electron chi connectivity index (χ0n) is 13.9. The van der Waals surface area contributed by atoms with Gasteiger partial charge in [-0.25, -0.2) is 0 Å². The van der Waals surface area contributed by atoms with E-state index in [0.717, 1.165) is 37.1 Å². The lowest BCUT2D eigenvalue weighted by molar-refractivity contribution is -0.123. The van der Waals surface area contributed by atoms with Crippen molar-refractivity contribution < 1.29 is 4.79 Å². The Balaban J connectivity index is 2.16. The Labute approximate surface area is 138 Å². The number of allylic oxidation sites excluding steroid dienone is 1. The molecule has 1 aliphatic heterocycles. The number of hydrogen-bond donors (Lipinski definition) is 0. The highest BCUT2D eigenvalue weighted by Gasteiger charge is 2.19. The van der Waals surface area contributed by atoms with Crippen LogP contribution >= 0.6 is 0 Å². The molecule has 1 heterocycles. The highest BCUT2D eigenvalue weighted by molar-refractivity contribution is 6.44. The third-order valence-electron chi connectivity index (χ3n) is 4.18. The van der Waals surface area contributed by atoms with Gasteiger partial charge in [0.05, 0.1) is 11.6 Å². The van der Waals surface area contributed by atoms with Crippen LogP contribution < -0.4 is 0 Å². The van der Waals surface area contributed by atoms with Crippen molar-refractivity contribution in [1.82, 2.24) is 4.90 Å². The number of hydrogen-bond acceptors (Lipinski definition) is 3. The molecular weight excluding hydrogens is 286 g/mol. The van der Waals surface area contributed by atoms with E-state index >= 15 is 0 Å². The molecule has 1 amide bonds. The fourth-order valence-corrected chi connectivity index (χ4v) is 2.75. The van der Waals surface area contributed by atoms with Crippen molar-refractivity contribution >= 4 is 17.2 Å². The number of rotatable bonds is 3. The highest BCUT2D eigenvalue weighted by atomic mass is 16.2. The second-order valence-corrected chi connectivity index (χ2v) is 5.83. The predicted molar refractivity (Wildman–Crippen MR) is 93.2 cm³/mol. The molecule has 0 atom stereocenters. The number of carbonyl (C=O) groups excluding carboxylic acids is 1. The zero-order valence-corrected chi connectivity index (χ0v) is 13.9. The van der Waals surface area contributed by atoms with E-state index in [4.69, 9.17) is 5.26 Å². The summed E-state index contributed by atoms with van der Waals surface area (Å²) >= 11 is 0. The van der Waals surface area contributed by atoms with Gasteiger partial charge in [-0.05, 0) is 49.1 Å². The minimum absolute atomic E-state index is 0.0161. The summed E-state index contributed by atoms with van der Waals surface area (Å²) in [4.78, 5) is 18.8. The molecule has 4 heteroatoms. The largest absolute Gasteiger partial charge is 0.337 e. The second-order valence-electron chi connectivity index (χ2n) is 5.83. The summed E-state index contributed by atoms with van der Waals surface area (Å²) in [5, 5.41) is 8.86. The van der Waals surface area contributed by atoms with Crippen molar-refractivity contribution in [1.29, 1.82) is 5.26 Å². The van der Waals surface area contributed by atoms with Crippen molar-refractivity contribution in [2.45, 2.75) is 32.6 Å². The Morgan fingerprint density at radius 2 is 1.78 bits per heavy atom. The maximum absolute atomic E-state index is 12.7. The van der Waals surface area contributed by atoms with Crippen molar-refractivity contribution in [3.63, 3.8) is 0 Å². The van der Waals surface area contributed by atoms with E-state index in [1.54, 1.807) is 19.2 Å². The minimum Gasteiger partial charge on any atom is -0.337 e. The molecule has 0 saturated carbocycles. The van der Waals surface area contributed by atoms with E-state index in [9.17, 15) is 4.79 Å². The van der Waals surface area contributed by atoms with E-state index in [0.29, 0.717) is 11.3 Å². The summed E-state index contributed by atoms with van der Waals surface area (Å²) in [6.07, 6.45) is 6.38. The molecule has 0 radical (unpaired) electrons. The first-order valence-corrected chi connectivity index (χ1v) is 8.10. The summed E-state index contributed by atoms with van der Waals surface area (Å²) < 4.78 is 0. The van der Waals surface area contributed by atoms with Gasteiger partial charge in [0.2, 0.25) is 0 Å². The molecule has 0 bridgehead atoms. The second kappa shape index (κ2) is 8.28. The lowest BCUT2D eigenvalue weighted by atomic mass is 10.0. The fourth-order valence-electron chi connectivity index (χ4n) is 2.75. The van der Waals surface area contributed by atoms with Crippen molar-refractivity contribution in [3.8, 4) is 6.07 Å². The summed E-state index contributed by atoms with van der Waals surface area (Å²) in [5.74, 6) is 0.0161. The summed E-state index contributed by atoms with van der Waals surface area (Å²) in [6, 6.07) is 9.47. The van der Waals surface area contributed by atoms with Gasteiger partial charge in [-0.15, -0.1) is 0 Å². The van der Waals surface area contributed by atoms with Gasteiger partial charge in [-0.2, -0.15) is 5.26 Å². The van der Waals surface area contributed by atoms with Crippen LogP contribution in [0.3, 0.4) is 0 Å². The topological polar surface area (TPSA) is 56.5 Å². The molecule has 0 unspecified atom stereocenters. The number of nitriles is 1. The average molecular weight is 309 g/mol. The zero-order chi connectivity index (χ0) is 16.7. The van der Waals surface area contributed by atoms with E-state index in [1.807, 2.05) is 30.0 Å². The van der Waals surface area contributed by atoms with Crippen molar-refractivity contribution in [2.75, 3.05) is 20.1 Å². The highest BCUT2D eigenvalue weighted by Crippen LogP contribution is 2.16. The molecule has 0 spiro atoms. The number of aliphatic imine (C=N–C) groups is 1. The van der Waals surface area contributed by atoms with E-state index < -0.39 is 0 Å². The van der Waals surface area contributed by atoms with E-state index in [-0.39, 0.29) is 5.91 Å². The molecule has 0 N–H and O–H groups in total. The minimum atomic E-state index is 0.0161. The molecule has 0 aliphatic carbocycles. The summed E-state index contributed by atoms with van der Waals surface area (Å²) in [6.45, 7) is 3.60. The van der Waals surface area contributed by atoms with Crippen molar-refractivity contribution in [3.05, 3.63) is 41.5 Å². The number of nitrogens with zero attached hydrogens (tertiary/aromatic N) is 3. The molecule has 4 nitrogen and oxygen atoms in total. The standard InChI is InChI=1S/C19H23N3O/c1-15(17-9-7-16(14-20)8-10-17)13-18(21-2)19(23)22-11-5-3-4-6-12-22/h7-10,13H,3-6,11-12H2,1-2H3/b15-13+,21-18+. The molecule has 1 aromatic carbocycles. The van der Waals surface area contributed by atoms with Crippen LogP contribution in [0.5, 0.6) is 0 Å². The Hall–Kier alpha value is -2.41. The quantitative estimate of drug-likeness (QED) is 0.803. The molecule has 2 rings (SSSR count). The molecular formula is C19H23N3O. The molecule has 120 valence electrons. The van der Waals surface area contributed by atoms with E-state index in [2.05, 4.69) is 11.1 Å². The van der Waals surface area contributed by atoms with Gasteiger partial charge in [0.15, 0.2) is 0 Å². The number of benzene rings is 1. The lowest BCUT2D eigenvalue weighted by Gasteiger charge is -2.20. The van der Waals surface area contributed by atoms with Gasteiger partial charge in [-0.1, -0.05) is 25.0 Å². The van der Waals surface area contributed by atoms with Crippen LogP contribution in [-0.4, -0.2) is 36.7 Å². The molecule has 0 aromatic heterocycles. The first kappa shape index (κ1) is 17.0. The molecule has 1 saturated heterocycles. The number of likely N-dealkylation sites (tertiary alicyclic amines) is 1. The maximum atomic E-state index is 12.7. The first-order chi connectivity index (χ1) is 11.2. The van der Waals surface area contributed by atoms with Gasteiger partial charge < -0.3 is 4.90 Å². The van der Waals surface area contributed by atoms with Gasteiger partial charge >= 0.3 is 0 Å². The van der Waals surface area contributed by atoms with Crippen LogP contribution in [0.15, 0.2) is 35.3 Å². The van der Waals surface area contributed by atoms with Gasteiger partial charge in [0.1, 0.15) is 5.71 Å². The van der Waals surface area contributed by atoms with Crippen molar-refractivity contribution in [2.24, 2.45) is 4.99 Å². The Kier molecular flexibility index (Phi) is 6.10. The van der Waals surface area contributed by atoms with Crippen LogP contribution in [0.25, 0.3) is 5.57 Å². The average Bonchev–Trinajstić information content (AvgIpc) is 2.88. The molecule has 23 heavy (non-hydrogen) atoms. The normalized spacial score (nSPS) is 16.7. The lowest BCUT2D eigenvalue weighted by Crippen LogP contribution is -2.36. The molecule has 1 fully saturated rings. The number of amides is 1. The Morgan fingerprint density at radius 3 is 2.30 bits per heavy atom. The van der Waals surface area contributed by atoms with Crippen LogP contribution in [0, 0.1) is 11.3 Å². The summed E-state index contributed by atoms with van der Waals surface area (Å²) in [7, 11) is 1.66.